The lowest BCUT2D eigenvalue weighted by atomic mass is 10.3. The van der Waals surface area contributed by atoms with Gasteiger partial charge < -0.3 is 0 Å². The van der Waals surface area contributed by atoms with Crippen molar-refractivity contribution in [2.45, 2.75) is 12.8 Å². The molecule has 0 bridgehead atoms. The van der Waals surface area contributed by atoms with Gasteiger partial charge in [-0.1, -0.05) is 23.4 Å². The van der Waals surface area contributed by atoms with Gasteiger partial charge in [0.15, 0.2) is 0 Å². The summed E-state index contributed by atoms with van der Waals surface area (Å²) < 4.78 is 1.80. The molecule has 1 aromatic heterocycles. The molecular formula is C11H13N3S. The lowest BCUT2D eigenvalue weighted by Gasteiger charge is -1.97. The van der Waals surface area contributed by atoms with Gasteiger partial charge in [0, 0.05) is 0 Å². The lowest BCUT2D eigenvalue weighted by Crippen LogP contribution is -1.93. The standard InChI is InChI=1S/C11H13N3S/c15-8-4-5-10-9-14(13-12-10)11-6-2-1-3-7-11/h1-3,6-7,9,15H,4-5,8H2. The number of para-hydroxylation sites is 1. The molecule has 0 aliphatic carbocycles. The number of benzene rings is 1. The Morgan fingerprint density at radius 1 is 1.20 bits per heavy atom. The maximum Gasteiger partial charge on any atom is 0.0832 e. The zero-order valence-electron chi connectivity index (χ0n) is 8.37. The molecule has 4 heteroatoms. The largest absolute Gasteiger partial charge is 0.220 e. The lowest BCUT2D eigenvalue weighted by molar-refractivity contribution is 0.792. The van der Waals surface area contributed by atoms with Crippen LogP contribution in [0.5, 0.6) is 0 Å². The van der Waals surface area contributed by atoms with E-state index in [1.165, 1.54) is 0 Å². The molecule has 1 heterocycles. The highest BCUT2D eigenvalue weighted by Gasteiger charge is 2.01. The highest BCUT2D eigenvalue weighted by molar-refractivity contribution is 7.80. The first kappa shape index (κ1) is 10.2. The zero-order chi connectivity index (χ0) is 10.5. The van der Waals surface area contributed by atoms with Crippen LogP contribution >= 0.6 is 12.6 Å². The molecule has 2 rings (SSSR count). The fourth-order valence-corrected chi connectivity index (χ4v) is 1.54. The third kappa shape index (κ3) is 2.59. The van der Waals surface area contributed by atoms with Crippen LogP contribution in [-0.2, 0) is 6.42 Å². The second-order valence-corrected chi connectivity index (χ2v) is 3.76. The van der Waals surface area contributed by atoms with E-state index in [4.69, 9.17) is 0 Å². The van der Waals surface area contributed by atoms with Crippen molar-refractivity contribution in [2.75, 3.05) is 5.75 Å². The Kier molecular flexibility index (Phi) is 3.40. The van der Waals surface area contributed by atoms with Crippen molar-refractivity contribution in [1.29, 1.82) is 0 Å². The molecule has 0 atom stereocenters. The summed E-state index contributed by atoms with van der Waals surface area (Å²) in [5.74, 6) is 0.887. The van der Waals surface area contributed by atoms with Crippen LogP contribution in [0.4, 0.5) is 0 Å². The molecule has 0 fully saturated rings. The van der Waals surface area contributed by atoms with Crippen LogP contribution in [-0.4, -0.2) is 20.7 Å². The van der Waals surface area contributed by atoms with E-state index >= 15 is 0 Å². The highest BCUT2D eigenvalue weighted by atomic mass is 32.1. The summed E-state index contributed by atoms with van der Waals surface area (Å²) in [5.41, 5.74) is 2.06. The summed E-state index contributed by atoms with van der Waals surface area (Å²) in [6.07, 6.45) is 3.95. The Balaban J connectivity index is 2.14. The van der Waals surface area contributed by atoms with Crippen LogP contribution < -0.4 is 0 Å². The van der Waals surface area contributed by atoms with Crippen molar-refractivity contribution in [3.63, 3.8) is 0 Å². The summed E-state index contributed by atoms with van der Waals surface area (Å²) in [6, 6.07) is 9.99. The molecule has 0 saturated heterocycles. The Morgan fingerprint density at radius 2 is 2.00 bits per heavy atom. The fraction of sp³-hybridized carbons (Fsp3) is 0.273. The molecule has 0 aliphatic heterocycles. The molecular weight excluding hydrogens is 206 g/mol. The van der Waals surface area contributed by atoms with Crippen molar-refractivity contribution >= 4 is 12.6 Å². The summed E-state index contributed by atoms with van der Waals surface area (Å²) in [6.45, 7) is 0. The van der Waals surface area contributed by atoms with Gasteiger partial charge in [-0.15, -0.1) is 5.10 Å². The van der Waals surface area contributed by atoms with Gasteiger partial charge in [-0.05, 0) is 30.7 Å². The molecule has 1 aromatic carbocycles. The predicted octanol–water partition coefficient (Wildman–Crippen LogP) is 2.13. The molecule has 0 unspecified atom stereocenters. The number of nitrogens with zero attached hydrogens (tertiary/aromatic N) is 3. The van der Waals surface area contributed by atoms with E-state index in [0.29, 0.717) is 0 Å². The molecule has 78 valence electrons. The molecule has 2 aromatic rings. The Hall–Kier alpha value is -1.29. The second-order valence-electron chi connectivity index (χ2n) is 3.32. The molecule has 0 N–H and O–H groups in total. The van der Waals surface area contributed by atoms with E-state index < -0.39 is 0 Å². The summed E-state index contributed by atoms with van der Waals surface area (Å²) in [5, 5.41) is 8.19. The summed E-state index contributed by atoms with van der Waals surface area (Å²) in [7, 11) is 0. The van der Waals surface area contributed by atoms with Crippen LogP contribution in [0.3, 0.4) is 0 Å². The minimum atomic E-state index is 0.887. The molecule has 0 amide bonds. The molecule has 15 heavy (non-hydrogen) atoms. The van der Waals surface area contributed by atoms with Crippen molar-refractivity contribution in [2.24, 2.45) is 0 Å². The van der Waals surface area contributed by atoms with Crippen LogP contribution in [0.15, 0.2) is 36.5 Å². The van der Waals surface area contributed by atoms with Crippen molar-refractivity contribution in [3.8, 4) is 5.69 Å². The van der Waals surface area contributed by atoms with Gasteiger partial charge in [-0.3, -0.25) is 0 Å². The first-order valence-electron chi connectivity index (χ1n) is 4.97. The maximum atomic E-state index is 4.17. The molecule has 0 saturated carbocycles. The predicted molar refractivity (Wildman–Crippen MR) is 63.5 cm³/mol. The number of thiol groups is 1. The molecule has 0 spiro atoms. The average molecular weight is 219 g/mol. The Bertz CT molecular complexity index is 411. The van der Waals surface area contributed by atoms with Crippen LogP contribution in [0, 0.1) is 0 Å². The Morgan fingerprint density at radius 3 is 2.73 bits per heavy atom. The van der Waals surface area contributed by atoms with Gasteiger partial charge in [-0.25, -0.2) is 4.68 Å². The summed E-state index contributed by atoms with van der Waals surface area (Å²) in [4.78, 5) is 0. The average Bonchev–Trinajstić information content (AvgIpc) is 2.76. The third-order valence-corrected chi connectivity index (χ3v) is 2.47. The van der Waals surface area contributed by atoms with Crippen molar-refractivity contribution < 1.29 is 0 Å². The van der Waals surface area contributed by atoms with Gasteiger partial charge in [0.25, 0.3) is 0 Å². The van der Waals surface area contributed by atoms with Gasteiger partial charge in [-0.2, -0.15) is 12.6 Å². The maximum absolute atomic E-state index is 4.17. The van der Waals surface area contributed by atoms with E-state index in [-0.39, 0.29) is 0 Å². The van der Waals surface area contributed by atoms with E-state index in [2.05, 4.69) is 22.9 Å². The van der Waals surface area contributed by atoms with Gasteiger partial charge in [0.2, 0.25) is 0 Å². The molecule has 0 aliphatic rings. The normalized spacial score (nSPS) is 10.5. The van der Waals surface area contributed by atoms with E-state index in [0.717, 1.165) is 30.0 Å². The minimum absolute atomic E-state index is 0.887. The van der Waals surface area contributed by atoms with Crippen LogP contribution in [0.2, 0.25) is 0 Å². The van der Waals surface area contributed by atoms with Crippen LogP contribution in [0.1, 0.15) is 12.1 Å². The highest BCUT2D eigenvalue weighted by Crippen LogP contribution is 2.06. The first-order valence-corrected chi connectivity index (χ1v) is 5.61. The topological polar surface area (TPSA) is 30.7 Å². The molecule has 0 radical (unpaired) electrons. The monoisotopic (exact) mass is 219 g/mol. The Labute approximate surface area is 94.5 Å². The number of hydrogen-bond acceptors (Lipinski definition) is 3. The number of hydrogen-bond donors (Lipinski definition) is 1. The smallest absolute Gasteiger partial charge is 0.0832 e. The van der Waals surface area contributed by atoms with E-state index in [9.17, 15) is 0 Å². The van der Waals surface area contributed by atoms with Crippen LogP contribution in [0.25, 0.3) is 5.69 Å². The number of aryl methyl sites for hydroxylation is 1. The SMILES string of the molecule is SCCCc1cn(-c2ccccc2)nn1. The van der Waals surface area contributed by atoms with E-state index in [1.807, 2.05) is 36.5 Å². The van der Waals surface area contributed by atoms with Gasteiger partial charge in [0.1, 0.15) is 0 Å². The summed E-state index contributed by atoms with van der Waals surface area (Å²) >= 11 is 4.17. The zero-order valence-corrected chi connectivity index (χ0v) is 9.27. The quantitative estimate of drug-likeness (QED) is 0.799. The van der Waals surface area contributed by atoms with E-state index in [1.54, 1.807) is 4.68 Å². The van der Waals surface area contributed by atoms with Crippen molar-refractivity contribution in [3.05, 3.63) is 42.2 Å². The number of aromatic nitrogens is 3. The van der Waals surface area contributed by atoms with Crippen molar-refractivity contribution in [1.82, 2.24) is 15.0 Å². The molecule has 3 nitrogen and oxygen atoms in total. The minimum Gasteiger partial charge on any atom is -0.220 e. The second kappa shape index (κ2) is 4.98. The van der Waals surface area contributed by atoms with Gasteiger partial charge >= 0.3 is 0 Å². The van der Waals surface area contributed by atoms with Gasteiger partial charge in [0.05, 0.1) is 17.6 Å². The third-order valence-electron chi connectivity index (χ3n) is 2.15. The fourth-order valence-electron chi connectivity index (χ4n) is 1.38. The number of rotatable bonds is 4. The first-order chi connectivity index (χ1) is 7.40.